The third kappa shape index (κ3) is 3.09. The molecule has 1 aromatic rings. The van der Waals surface area contributed by atoms with Crippen molar-refractivity contribution in [1.82, 2.24) is 9.97 Å². The first-order chi connectivity index (χ1) is 10.8. The van der Waals surface area contributed by atoms with Gasteiger partial charge in [0, 0.05) is 0 Å². The molecule has 0 aliphatic carbocycles. The number of hydrogen-bond acceptors (Lipinski definition) is 6. The maximum atomic E-state index is 13.5. The summed E-state index contributed by atoms with van der Waals surface area (Å²) >= 11 is 0. The predicted octanol–water partition coefficient (Wildman–Crippen LogP) is 2.93. The summed E-state index contributed by atoms with van der Waals surface area (Å²) in [5.41, 5.74) is 0. The average Bonchev–Trinajstić information content (AvgIpc) is 2.52. The Morgan fingerprint density at radius 1 is 1.00 bits per heavy atom. The Hall–Kier alpha value is -2.12. The van der Waals surface area contributed by atoms with Gasteiger partial charge in [0.1, 0.15) is 0 Å². The van der Waals surface area contributed by atoms with Gasteiger partial charge in [-0.25, -0.2) is 8.78 Å². The number of hydrogen-bond donors (Lipinski definition) is 0. The molecule has 0 atom stereocenters. The van der Waals surface area contributed by atoms with Crippen LogP contribution in [0.2, 0.25) is 0 Å². The summed E-state index contributed by atoms with van der Waals surface area (Å²) in [5.74, 6) is -16.2. The number of methoxy groups -OCH3 is 2. The van der Waals surface area contributed by atoms with E-state index in [4.69, 9.17) is 0 Å². The Kier molecular flexibility index (Phi) is 5.32. The van der Waals surface area contributed by atoms with Crippen LogP contribution in [0.25, 0.3) is 0 Å². The summed E-state index contributed by atoms with van der Waals surface area (Å²) in [4.78, 5) is 5.92. The smallest absolute Gasteiger partial charge is 0.397 e. The minimum Gasteiger partial charge on any atom is -0.752 e. The van der Waals surface area contributed by atoms with Crippen molar-refractivity contribution in [2.45, 2.75) is 24.3 Å². The van der Waals surface area contributed by atoms with E-state index in [1.807, 2.05) is 0 Å². The first-order valence-electron chi connectivity index (χ1n) is 5.69. The first kappa shape index (κ1) is 19.9. The van der Waals surface area contributed by atoms with Crippen molar-refractivity contribution < 1.29 is 44.6 Å². The van der Waals surface area contributed by atoms with Gasteiger partial charge in [-0.2, -0.15) is 36.3 Å². The number of anilines is 1. The van der Waals surface area contributed by atoms with Gasteiger partial charge in [0.15, 0.2) is 0 Å². The highest BCUT2D eigenvalue weighted by molar-refractivity contribution is 5.40. The van der Waals surface area contributed by atoms with E-state index in [0.717, 1.165) is 20.3 Å². The van der Waals surface area contributed by atoms with Crippen molar-refractivity contribution >= 4 is 5.95 Å². The molecule has 1 aromatic heterocycles. The Balaban J connectivity index is 3.37. The predicted molar refractivity (Wildman–Crippen MR) is 61.8 cm³/mol. The van der Waals surface area contributed by atoms with E-state index < -0.39 is 47.1 Å². The number of hydroxylamine groups is 1. The minimum absolute atomic E-state index is 0.613. The van der Waals surface area contributed by atoms with Crippen molar-refractivity contribution in [1.29, 1.82) is 0 Å². The fourth-order valence-electron chi connectivity index (χ4n) is 1.28. The molecule has 0 amide bonds. The molecule has 0 aliphatic heterocycles. The van der Waals surface area contributed by atoms with Crippen molar-refractivity contribution in [3.8, 4) is 11.8 Å². The van der Waals surface area contributed by atoms with Gasteiger partial charge < -0.3 is 19.7 Å². The van der Waals surface area contributed by atoms with Crippen LogP contribution in [0.15, 0.2) is 6.07 Å². The normalized spacial score (nSPS) is 13.2. The molecule has 6 nitrogen and oxygen atoms in total. The lowest BCUT2D eigenvalue weighted by atomic mass is 10.1. The van der Waals surface area contributed by atoms with E-state index in [-0.39, 0.29) is 0 Å². The Morgan fingerprint density at radius 2 is 1.42 bits per heavy atom. The maximum absolute atomic E-state index is 13.5. The number of aromatic nitrogens is 2. The van der Waals surface area contributed by atoms with E-state index in [2.05, 4.69) is 19.4 Å². The number of ether oxygens (including phenoxy) is 2. The van der Waals surface area contributed by atoms with Gasteiger partial charge in [0.05, 0.1) is 20.3 Å². The number of rotatable bonds is 7. The lowest BCUT2D eigenvalue weighted by Gasteiger charge is -2.42. The molecule has 0 radical (unpaired) electrons. The Labute approximate surface area is 128 Å². The van der Waals surface area contributed by atoms with Crippen LogP contribution in [0, 0.1) is 5.21 Å². The van der Waals surface area contributed by atoms with Crippen LogP contribution in [-0.2, 0) is 0 Å². The molecule has 0 spiro atoms. The molecular weight excluding hydrogens is 362 g/mol. The van der Waals surface area contributed by atoms with Gasteiger partial charge in [-0.1, -0.05) is 0 Å². The van der Waals surface area contributed by atoms with Crippen LogP contribution in [0.5, 0.6) is 11.8 Å². The van der Waals surface area contributed by atoms with Gasteiger partial charge in [0.2, 0.25) is 17.7 Å². The van der Waals surface area contributed by atoms with E-state index >= 15 is 0 Å². The molecule has 1 rings (SSSR count). The first-order valence-corrected chi connectivity index (χ1v) is 5.69. The Morgan fingerprint density at radius 3 is 1.75 bits per heavy atom. The van der Waals surface area contributed by atoms with Gasteiger partial charge >= 0.3 is 24.3 Å². The summed E-state index contributed by atoms with van der Waals surface area (Å²) < 4.78 is 112. The van der Waals surface area contributed by atoms with Gasteiger partial charge in [-0.3, -0.25) is 0 Å². The molecule has 0 saturated carbocycles. The van der Waals surface area contributed by atoms with Crippen LogP contribution >= 0.6 is 0 Å². The van der Waals surface area contributed by atoms with Crippen LogP contribution in [-0.4, -0.2) is 48.5 Å². The fraction of sp³-hybridized carbons (Fsp3) is 0.600. The highest BCUT2D eigenvalue weighted by atomic mass is 19.4. The number of nitrogens with zero attached hydrogens (tertiary/aromatic N) is 3. The highest BCUT2D eigenvalue weighted by Gasteiger charge is 2.76. The minimum atomic E-state index is -6.74. The van der Waals surface area contributed by atoms with Crippen LogP contribution in [0.1, 0.15) is 0 Å². The van der Waals surface area contributed by atoms with Crippen molar-refractivity contribution in [2.24, 2.45) is 0 Å². The quantitative estimate of drug-likeness (QED) is 0.418. The lowest BCUT2D eigenvalue weighted by Crippen LogP contribution is -2.63. The molecule has 0 fully saturated rings. The zero-order valence-corrected chi connectivity index (χ0v) is 11.7. The van der Waals surface area contributed by atoms with Crippen molar-refractivity contribution in [3.63, 3.8) is 0 Å². The van der Waals surface area contributed by atoms with Crippen LogP contribution in [0.3, 0.4) is 0 Å². The van der Waals surface area contributed by atoms with Crippen LogP contribution in [0.4, 0.5) is 41.1 Å². The third-order valence-corrected chi connectivity index (χ3v) is 2.59. The zero-order valence-electron chi connectivity index (χ0n) is 11.7. The zero-order chi connectivity index (χ0) is 18.9. The highest BCUT2D eigenvalue weighted by Crippen LogP contribution is 2.50. The summed E-state index contributed by atoms with van der Waals surface area (Å²) in [5, 5.41) is 9.37. The summed E-state index contributed by atoms with van der Waals surface area (Å²) in [7, 11) is 1.89. The molecule has 0 saturated heterocycles. The topological polar surface area (TPSA) is 70.5 Å². The van der Waals surface area contributed by atoms with E-state index in [1.54, 1.807) is 0 Å². The van der Waals surface area contributed by atoms with Crippen LogP contribution < -0.4 is 14.5 Å². The second kappa shape index (κ2) is 6.41. The van der Waals surface area contributed by atoms with E-state index in [1.165, 1.54) is 0 Å². The third-order valence-electron chi connectivity index (χ3n) is 2.59. The molecule has 24 heavy (non-hydrogen) atoms. The molecule has 14 heteroatoms. The van der Waals surface area contributed by atoms with E-state index in [9.17, 15) is 40.3 Å². The molecule has 0 N–H and O–H groups in total. The molecule has 138 valence electrons. The molecule has 0 aromatic carbocycles. The second-order valence-corrected chi connectivity index (χ2v) is 4.09. The van der Waals surface area contributed by atoms with Crippen molar-refractivity contribution in [3.05, 3.63) is 11.3 Å². The van der Waals surface area contributed by atoms with Gasteiger partial charge in [0.25, 0.3) is 0 Å². The summed E-state index contributed by atoms with van der Waals surface area (Å²) in [6.45, 7) is 0. The van der Waals surface area contributed by atoms with Gasteiger partial charge in [-0.15, -0.1) is 0 Å². The molecular formula is C10H8F8N3O3-. The second-order valence-electron chi connectivity index (χ2n) is 4.09. The standard InChI is InChI=1S/C10H8F8N3O3/c1-23-4-3-5(24-2)20-7(19-4)21(22)10(17,18)9(15,16)8(13,14)6(11)12/h3,6H,1-2H3/q-1. The lowest BCUT2D eigenvalue weighted by molar-refractivity contribution is -0.336. The maximum Gasteiger partial charge on any atom is 0.397 e. The molecule has 0 unspecified atom stereocenters. The molecule has 1 heterocycles. The molecule has 0 bridgehead atoms. The summed E-state index contributed by atoms with van der Waals surface area (Å²) in [6.07, 6.45) is -5.16. The van der Waals surface area contributed by atoms with Gasteiger partial charge in [-0.05, 0) is 0 Å². The number of halogens is 8. The van der Waals surface area contributed by atoms with Crippen molar-refractivity contribution in [2.75, 3.05) is 19.3 Å². The molecule has 0 aliphatic rings. The average molecular weight is 370 g/mol. The SMILES string of the molecule is COc1cc(OC)nc(N([O-])C(F)(F)C(F)(F)C(F)(F)C(F)F)n1. The monoisotopic (exact) mass is 370 g/mol. The van der Waals surface area contributed by atoms with E-state index in [0.29, 0.717) is 0 Å². The Bertz CT molecular complexity index is 564. The fourth-order valence-corrected chi connectivity index (χ4v) is 1.28. The summed E-state index contributed by atoms with van der Waals surface area (Å²) in [6, 6.07) is -5.47. The largest absolute Gasteiger partial charge is 0.752 e. The number of alkyl halides is 8.